The van der Waals surface area contributed by atoms with Gasteiger partial charge in [-0.2, -0.15) is 0 Å². The average Bonchev–Trinajstić information content (AvgIpc) is 3.17. The average molecular weight is 339 g/mol. The topological polar surface area (TPSA) is 50.2 Å². The largest absolute Gasteiger partial charge is 0.481 e. The van der Waals surface area contributed by atoms with Crippen LogP contribution < -0.4 is 0 Å². The van der Waals surface area contributed by atoms with Crippen LogP contribution in [0.5, 0.6) is 0 Å². The molecule has 0 saturated heterocycles. The van der Waals surface area contributed by atoms with E-state index in [0.717, 1.165) is 49.4 Å². The van der Waals surface area contributed by atoms with Gasteiger partial charge < -0.3 is 5.11 Å². The maximum absolute atomic E-state index is 13.7. The second kappa shape index (κ2) is 5.26. The Bertz CT molecular complexity index is 846. The monoisotopic (exact) mass is 339 g/mol. The molecular formula is C21H22FNO2. The molecule has 3 saturated carbocycles. The van der Waals surface area contributed by atoms with Gasteiger partial charge in [0.15, 0.2) is 0 Å². The number of aromatic nitrogens is 1. The van der Waals surface area contributed by atoms with E-state index in [4.69, 9.17) is 0 Å². The van der Waals surface area contributed by atoms with Crippen molar-refractivity contribution in [3.63, 3.8) is 0 Å². The minimum atomic E-state index is -0.579. The van der Waals surface area contributed by atoms with E-state index in [1.807, 2.05) is 12.3 Å². The van der Waals surface area contributed by atoms with Gasteiger partial charge >= 0.3 is 5.97 Å². The minimum absolute atomic E-state index is 0.211. The number of carboxylic acids is 1. The summed E-state index contributed by atoms with van der Waals surface area (Å²) < 4.78 is 13.7. The van der Waals surface area contributed by atoms with Crippen molar-refractivity contribution in [3.05, 3.63) is 41.8 Å². The molecule has 1 aromatic carbocycles. The molecule has 3 nitrogen and oxygen atoms in total. The van der Waals surface area contributed by atoms with Gasteiger partial charge in [-0.3, -0.25) is 9.78 Å². The molecule has 4 heteroatoms. The summed E-state index contributed by atoms with van der Waals surface area (Å²) in [5.74, 6) is 1.28. The molecule has 3 aliphatic rings. The van der Waals surface area contributed by atoms with E-state index in [9.17, 15) is 14.3 Å². The second-order valence-electron chi connectivity index (χ2n) is 8.38. The number of carbonyl (C=O) groups is 1. The zero-order valence-corrected chi connectivity index (χ0v) is 14.1. The Balaban J connectivity index is 1.39. The first-order valence-corrected chi connectivity index (χ1v) is 9.34. The van der Waals surface area contributed by atoms with Crippen molar-refractivity contribution in [2.24, 2.45) is 23.2 Å². The summed E-state index contributed by atoms with van der Waals surface area (Å²) in [5, 5.41) is 10.5. The van der Waals surface area contributed by atoms with Crippen molar-refractivity contribution in [1.29, 1.82) is 0 Å². The predicted molar refractivity (Wildman–Crippen MR) is 92.7 cm³/mol. The number of fused-ring (bicyclic) bond motifs is 2. The van der Waals surface area contributed by atoms with Gasteiger partial charge in [0.1, 0.15) is 5.82 Å². The number of benzene rings is 1. The van der Waals surface area contributed by atoms with Gasteiger partial charge in [-0.1, -0.05) is 0 Å². The molecule has 0 aliphatic heterocycles. The van der Waals surface area contributed by atoms with Crippen LogP contribution in [0.3, 0.4) is 0 Å². The molecule has 3 aliphatic carbocycles. The third-order valence-electron chi connectivity index (χ3n) is 7.19. The van der Waals surface area contributed by atoms with E-state index < -0.39 is 11.4 Å². The number of carboxylic acid groups (broad SMARTS) is 1. The van der Waals surface area contributed by atoms with Gasteiger partial charge in [0.05, 0.1) is 10.9 Å². The fraction of sp³-hybridized carbons (Fsp3) is 0.524. The van der Waals surface area contributed by atoms with E-state index in [0.29, 0.717) is 23.7 Å². The summed E-state index contributed by atoms with van der Waals surface area (Å²) in [6.45, 7) is 0. The highest BCUT2D eigenvalue weighted by Crippen LogP contribution is 2.63. The Hall–Kier alpha value is -1.97. The third kappa shape index (κ3) is 2.30. The Morgan fingerprint density at radius 1 is 1.12 bits per heavy atom. The number of aliphatic carboxylic acids is 1. The molecule has 2 aromatic rings. The van der Waals surface area contributed by atoms with E-state index >= 15 is 0 Å². The zero-order chi connectivity index (χ0) is 17.2. The Kier molecular flexibility index (Phi) is 3.22. The molecule has 1 N–H and O–H groups in total. The van der Waals surface area contributed by atoms with Crippen molar-refractivity contribution in [2.45, 2.75) is 44.4 Å². The SMILES string of the molecule is O=C(O)C1(C2C[C@H]3CC(c4ccnc5ccc(F)cc45)C[C@H]3C2)CC1. The van der Waals surface area contributed by atoms with E-state index in [1.54, 1.807) is 12.1 Å². The van der Waals surface area contributed by atoms with Crippen LogP contribution >= 0.6 is 0 Å². The van der Waals surface area contributed by atoms with Crippen LogP contribution in [0, 0.1) is 29.0 Å². The molecule has 1 aromatic heterocycles. The number of hydrogen-bond donors (Lipinski definition) is 1. The highest BCUT2D eigenvalue weighted by atomic mass is 19.1. The number of halogens is 1. The summed E-state index contributed by atoms with van der Waals surface area (Å²) in [6.07, 6.45) is 7.89. The molecule has 0 spiro atoms. The lowest BCUT2D eigenvalue weighted by atomic mass is 9.83. The quantitative estimate of drug-likeness (QED) is 0.877. The maximum Gasteiger partial charge on any atom is 0.309 e. The molecule has 0 bridgehead atoms. The maximum atomic E-state index is 13.7. The summed E-state index contributed by atoms with van der Waals surface area (Å²) >= 11 is 0. The van der Waals surface area contributed by atoms with Crippen molar-refractivity contribution >= 4 is 16.9 Å². The van der Waals surface area contributed by atoms with Crippen LogP contribution in [-0.4, -0.2) is 16.1 Å². The lowest BCUT2D eigenvalue weighted by Crippen LogP contribution is -2.24. The Morgan fingerprint density at radius 3 is 2.48 bits per heavy atom. The normalized spacial score (nSPS) is 32.7. The van der Waals surface area contributed by atoms with Crippen LogP contribution in [0.4, 0.5) is 4.39 Å². The molecule has 5 rings (SSSR count). The third-order valence-corrected chi connectivity index (χ3v) is 7.19. The Labute approximate surface area is 146 Å². The minimum Gasteiger partial charge on any atom is -0.481 e. The molecule has 3 fully saturated rings. The van der Waals surface area contributed by atoms with Crippen molar-refractivity contribution in [1.82, 2.24) is 4.98 Å². The molecule has 4 atom stereocenters. The summed E-state index contributed by atoms with van der Waals surface area (Å²) in [4.78, 5) is 16.0. The lowest BCUT2D eigenvalue weighted by molar-refractivity contribution is -0.145. The number of hydrogen-bond acceptors (Lipinski definition) is 2. The molecule has 2 unspecified atom stereocenters. The van der Waals surface area contributed by atoms with Gasteiger partial charge in [0, 0.05) is 11.6 Å². The standard InChI is InChI=1S/C21H22FNO2/c22-16-1-2-19-18(11-16)17(3-6-23-19)14-7-12-9-15(10-13(12)8-14)21(4-5-21)20(24)25/h1-3,6,11-15H,4-5,7-10H2,(H,24,25)/t12-,13+,14?,15?. The first-order chi connectivity index (χ1) is 12.1. The van der Waals surface area contributed by atoms with E-state index in [2.05, 4.69) is 4.98 Å². The molecule has 0 radical (unpaired) electrons. The molecule has 130 valence electrons. The summed E-state index contributed by atoms with van der Waals surface area (Å²) in [7, 11) is 0. The summed E-state index contributed by atoms with van der Waals surface area (Å²) in [5.41, 5.74) is 1.68. The van der Waals surface area contributed by atoms with Crippen LogP contribution in [0.25, 0.3) is 10.9 Å². The fourth-order valence-corrected chi connectivity index (χ4v) is 5.75. The van der Waals surface area contributed by atoms with Crippen LogP contribution in [0.15, 0.2) is 30.5 Å². The Morgan fingerprint density at radius 2 is 1.84 bits per heavy atom. The second-order valence-corrected chi connectivity index (χ2v) is 8.38. The van der Waals surface area contributed by atoms with Crippen LogP contribution in [0.2, 0.25) is 0 Å². The van der Waals surface area contributed by atoms with Crippen molar-refractivity contribution in [3.8, 4) is 0 Å². The van der Waals surface area contributed by atoms with Gasteiger partial charge in [-0.05, 0) is 92.0 Å². The predicted octanol–water partition coefficient (Wildman–Crippen LogP) is 4.76. The number of nitrogens with zero attached hydrogens (tertiary/aromatic N) is 1. The highest BCUT2D eigenvalue weighted by Gasteiger charge is 2.59. The van der Waals surface area contributed by atoms with Gasteiger partial charge in [0.25, 0.3) is 0 Å². The smallest absolute Gasteiger partial charge is 0.309 e. The van der Waals surface area contributed by atoms with Gasteiger partial charge in [-0.15, -0.1) is 0 Å². The van der Waals surface area contributed by atoms with Crippen LogP contribution in [-0.2, 0) is 4.79 Å². The van der Waals surface area contributed by atoms with Crippen LogP contribution in [0.1, 0.15) is 50.0 Å². The number of rotatable bonds is 3. The van der Waals surface area contributed by atoms with E-state index in [-0.39, 0.29) is 5.82 Å². The number of pyridine rings is 1. The van der Waals surface area contributed by atoms with Crippen molar-refractivity contribution < 1.29 is 14.3 Å². The summed E-state index contributed by atoms with van der Waals surface area (Å²) in [6, 6.07) is 6.88. The molecule has 25 heavy (non-hydrogen) atoms. The molecule has 0 amide bonds. The molecular weight excluding hydrogens is 317 g/mol. The highest BCUT2D eigenvalue weighted by molar-refractivity contribution is 5.82. The van der Waals surface area contributed by atoms with Gasteiger partial charge in [0.2, 0.25) is 0 Å². The molecule has 1 heterocycles. The zero-order valence-electron chi connectivity index (χ0n) is 14.1. The first-order valence-electron chi connectivity index (χ1n) is 9.34. The van der Waals surface area contributed by atoms with Crippen molar-refractivity contribution in [2.75, 3.05) is 0 Å². The first kappa shape index (κ1) is 15.3. The lowest BCUT2D eigenvalue weighted by Gasteiger charge is -2.21. The van der Waals surface area contributed by atoms with E-state index in [1.165, 1.54) is 11.6 Å². The fourth-order valence-electron chi connectivity index (χ4n) is 5.75. The van der Waals surface area contributed by atoms with Gasteiger partial charge in [-0.25, -0.2) is 4.39 Å².